The Morgan fingerprint density at radius 2 is 1.53 bits per heavy atom. The number of carbonyl (C=O) groups excluding carboxylic acids is 7. The zero-order valence-corrected chi connectivity index (χ0v) is 32.0. The van der Waals surface area contributed by atoms with Gasteiger partial charge in [-0.2, -0.15) is 0 Å². The van der Waals surface area contributed by atoms with Gasteiger partial charge < -0.3 is 31.5 Å². The van der Waals surface area contributed by atoms with Crippen LogP contribution < -0.4 is 26.6 Å². The molecule has 4 aliphatic carbocycles. The van der Waals surface area contributed by atoms with Crippen LogP contribution in [-0.4, -0.2) is 82.4 Å². The molecule has 2 unspecified atom stereocenters. The molecule has 6 amide bonds. The number of rotatable bonds is 13. The smallest absolute Gasteiger partial charge is 0.313 e. The minimum atomic E-state index is -1.06. The van der Waals surface area contributed by atoms with Crippen molar-refractivity contribution in [2.24, 2.45) is 17.3 Å². The van der Waals surface area contributed by atoms with E-state index in [0.29, 0.717) is 44.2 Å². The third kappa shape index (κ3) is 10.3. The predicted octanol–water partition coefficient (Wildman–Crippen LogP) is 3.22. The van der Waals surface area contributed by atoms with Crippen molar-refractivity contribution < 1.29 is 33.6 Å². The SMILES string of the molecule is CCC[C@H](NC(=O)[C@@H]1CC2CCCCC2N1C(=O)[C@@H](NC(=O)[C@@H](NC(=O)C(=O)NC1=CC=CCC1)C1CCCCC1)C(C)(C)C)C(=O)C(=O)NC1CC1. The summed E-state index contributed by atoms with van der Waals surface area (Å²) in [5.74, 6) is -4.68. The Kier molecular flexibility index (Phi) is 13.5. The Bertz CT molecular complexity index is 1470. The zero-order chi connectivity index (χ0) is 38.3. The largest absolute Gasteiger partial charge is 0.347 e. The minimum Gasteiger partial charge on any atom is -0.347 e. The lowest BCUT2D eigenvalue weighted by molar-refractivity contribution is -0.148. The number of hydrogen-bond acceptors (Lipinski definition) is 7. The molecule has 0 aromatic heterocycles. The highest BCUT2D eigenvalue weighted by Gasteiger charge is 2.51. The van der Waals surface area contributed by atoms with Gasteiger partial charge in [-0.3, -0.25) is 33.6 Å². The van der Waals surface area contributed by atoms with Crippen LogP contribution in [-0.2, 0) is 33.6 Å². The number of nitrogens with zero attached hydrogens (tertiary/aromatic N) is 1. The van der Waals surface area contributed by atoms with Gasteiger partial charge in [0.15, 0.2) is 0 Å². The van der Waals surface area contributed by atoms with Crippen molar-refractivity contribution in [1.29, 1.82) is 0 Å². The zero-order valence-electron chi connectivity index (χ0n) is 32.0. The summed E-state index contributed by atoms with van der Waals surface area (Å²) in [7, 11) is 0. The molecule has 5 rings (SSSR count). The summed E-state index contributed by atoms with van der Waals surface area (Å²) in [5.41, 5.74) is -0.163. The Balaban J connectivity index is 1.35. The van der Waals surface area contributed by atoms with Crippen LogP contribution in [0, 0.1) is 17.3 Å². The molecule has 4 fully saturated rings. The summed E-state index contributed by atoms with van der Waals surface area (Å²) in [6.07, 6.45) is 17.5. The van der Waals surface area contributed by atoms with Crippen molar-refractivity contribution in [2.75, 3.05) is 0 Å². The van der Waals surface area contributed by atoms with Gasteiger partial charge in [0.1, 0.15) is 18.1 Å². The lowest BCUT2D eigenvalue weighted by Gasteiger charge is -2.40. The highest BCUT2D eigenvalue weighted by molar-refractivity contribution is 6.38. The van der Waals surface area contributed by atoms with Crippen LogP contribution in [0.3, 0.4) is 0 Å². The molecule has 5 aliphatic rings. The van der Waals surface area contributed by atoms with Crippen LogP contribution in [0.15, 0.2) is 23.9 Å². The highest BCUT2D eigenvalue weighted by Crippen LogP contribution is 2.41. The quantitative estimate of drug-likeness (QED) is 0.180. The van der Waals surface area contributed by atoms with E-state index >= 15 is 0 Å². The van der Waals surface area contributed by atoms with Crippen molar-refractivity contribution in [3.05, 3.63) is 23.9 Å². The second-order valence-corrected chi connectivity index (χ2v) is 16.8. The summed E-state index contributed by atoms with van der Waals surface area (Å²) in [4.78, 5) is 97.0. The van der Waals surface area contributed by atoms with Crippen LogP contribution in [0.4, 0.5) is 0 Å². The molecule has 13 heteroatoms. The Labute approximate surface area is 313 Å². The first-order valence-electron chi connectivity index (χ1n) is 20.0. The normalized spacial score (nSPS) is 24.8. The number of likely N-dealkylation sites (tertiary alicyclic amines) is 1. The molecule has 13 nitrogen and oxygen atoms in total. The molecule has 1 saturated heterocycles. The molecular formula is C40H60N6O7. The predicted molar refractivity (Wildman–Crippen MR) is 198 cm³/mol. The maximum Gasteiger partial charge on any atom is 0.313 e. The van der Waals surface area contributed by atoms with Crippen LogP contribution in [0.2, 0.25) is 0 Å². The summed E-state index contributed by atoms with van der Waals surface area (Å²) < 4.78 is 0. The molecule has 1 aliphatic heterocycles. The topological polar surface area (TPSA) is 183 Å². The molecule has 1 heterocycles. The summed E-state index contributed by atoms with van der Waals surface area (Å²) >= 11 is 0. The van der Waals surface area contributed by atoms with Gasteiger partial charge in [-0.25, -0.2) is 0 Å². The van der Waals surface area contributed by atoms with E-state index in [4.69, 9.17) is 0 Å². The number of nitrogens with one attached hydrogen (secondary N) is 5. The van der Waals surface area contributed by atoms with E-state index in [1.54, 1.807) is 11.0 Å². The Morgan fingerprint density at radius 3 is 2.17 bits per heavy atom. The van der Waals surface area contributed by atoms with E-state index in [9.17, 15) is 33.6 Å². The first-order valence-corrected chi connectivity index (χ1v) is 20.0. The van der Waals surface area contributed by atoms with Crippen LogP contribution in [0.5, 0.6) is 0 Å². The molecular weight excluding hydrogens is 676 g/mol. The van der Waals surface area contributed by atoms with E-state index in [2.05, 4.69) is 26.6 Å². The number of allylic oxidation sites excluding steroid dienone is 4. The summed E-state index contributed by atoms with van der Waals surface area (Å²) in [5, 5.41) is 13.9. The summed E-state index contributed by atoms with van der Waals surface area (Å²) in [6.45, 7) is 7.43. The number of amides is 6. The molecule has 3 saturated carbocycles. The van der Waals surface area contributed by atoms with E-state index in [1.807, 2.05) is 39.8 Å². The first-order chi connectivity index (χ1) is 25.3. The van der Waals surface area contributed by atoms with Crippen molar-refractivity contribution in [1.82, 2.24) is 31.5 Å². The second-order valence-electron chi connectivity index (χ2n) is 16.8. The number of hydrogen-bond donors (Lipinski definition) is 5. The van der Waals surface area contributed by atoms with Crippen LogP contribution >= 0.6 is 0 Å². The Hall–Kier alpha value is -4.03. The fraction of sp³-hybridized carbons (Fsp3) is 0.725. The van der Waals surface area contributed by atoms with Gasteiger partial charge in [-0.15, -0.1) is 0 Å². The van der Waals surface area contributed by atoms with Gasteiger partial charge in [0.05, 0.1) is 6.04 Å². The molecule has 0 radical (unpaired) electrons. The lowest BCUT2D eigenvalue weighted by atomic mass is 9.81. The number of fused-ring (bicyclic) bond motifs is 1. The average Bonchev–Trinajstić information content (AvgIpc) is 3.87. The van der Waals surface area contributed by atoms with Gasteiger partial charge in [0, 0.05) is 17.8 Å². The van der Waals surface area contributed by atoms with Crippen LogP contribution in [0.1, 0.15) is 130 Å². The van der Waals surface area contributed by atoms with Crippen molar-refractivity contribution in [3.8, 4) is 0 Å². The fourth-order valence-corrected chi connectivity index (χ4v) is 8.49. The molecule has 0 bridgehead atoms. The minimum absolute atomic E-state index is 0.0000831. The maximum atomic E-state index is 14.9. The van der Waals surface area contributed by atoms with Gasteiger partial charge in [0.2, 0.25) is 23.5 Å². The fourth-order valence-electron chi connectivity index (χ4n) is 8.49. The highest BCUT2D eigenvalue weighted by atomic mass is 16.2. The number of carbonyl (C=O) groups is 7. The third-order valence-corrected chi connectivity index (χ3v) is 11.6. The summed E-state index contributed by atoms with van der Waals surface area (Å²) in [6, 6.07) is -4.19. The van der Waals surface area contributed by atoms with Crippen LogP contribution in [0.25, 0.3) is 0 Å². The van der Waals surface area contributed by atoms with Crippen molar-refractivity contribution >= 4 is 41.2 Å². The van der Waals surface area contributed by atoms with Gasteiger partial charge in [-0.1, -0.05) is 78.4 Å². The lowest BCUT2D eigenvalue weighted by Crippen LogP contribution is -2.63. The number of Topliss-reactive ketones (excluding diaryl/α,β-unsaturated/α-hetero) is 1. The van der Waals surface area contributed by atoms with E-state index in [-0.39, 0.29) is 30.3 Å². The molecule has 6 atom stereocenters. The van der Waals surface area contributed by atoms with Gasteiger partial charge in [0.25, 0.3) is 5.91 Å². The van der Waals surface area contributed by atoms with E-state index < -0.39 is 70.8 Å². The van der Waals surface area contributed by atoms with E-state index in [0.717, 1.165) is 57.8 Å². The molecule has 5 N–H and O–H groups in total. The van der Waals surface area contributed by atoms with Gasteiger partial charge in [-0.05, 0) is 87.5 Å². The first kappa shape index (κ1) is 40.2. The van der Waals surface area contributed by atoms with Gasteiger partial charge >= 0.3 is 11.8 Å². The molecule has 53 heavy (non-hydrogen) atoms. The number of ketones is 1. The average molecular weight is 737 g/mol. The molecule has 0 spiro atoms. The van der Waals surface area contributed by atoms with Crippen molar-refractivity contribution in [3.63, 3.8) is 0 Å². The third-order valence-electron chi connectivity index (χ3n) is 11.6. The maximum absolute atomic E-state index is 14.9. The Morgan fingerprint density at radius 1 is 0.830 bits per heavy atom. The van der Waals surface area contributed by atoms with Crippen molar-refractivity contribution in [2.45, 2.75) is 167 Å². The van der Waals surface area contributed by atoms with E-state index in [1.165, 1.54) is 0 Å². The molecule has 0 aromatic carbocycles. The standard InChI is InChI=1S/C40H60N6O7/c1-5-14-28(32(47)36(50)41-27-21-22-27)43-34(48)30-23-25-17-12-13-20-29(25)46(30)39(53)33(40(2,3)4)45-35(49)31(24-15-8-6-9-16-24)44-38(52)37(51)42-26-18-10-7-11-19-26/h7,10,18,24-25,27-31,33H,5-6,8-9,11-17,19-23H2,1-4H3,(H,41,50)(H,42,51)(H,43,48)(H,44,52)(H,45,49)/t25?,28-,29?,30-,31-,33+/m0/s1. The molecule has 0 aromatic rings. The second kappa shape index (κ2) is 17.9. The monoisotopic (exact) mass is 736 g/mol. The molecule has 292 valence electrons.